The second-order valence-electron chi connectivity index (χ2n) is 9.79. The number of likely N-dealkylation sites (tertiary alicyclic amines) is 1. The van der Waals surface area contributed by atoms with Gasteiger partial charge in [-0.25, -0.2) is 0 Å². The molecule has 3 aliphatic rings. The lowest BCUT2D eigenvalue weighted by atomic mass is 9.88. The Morgan fingerprint density at radius 1 is 1.23 bits per heavy atom. The third kappa shape index (κ3) is 6.29. The summed E-state index contributed by atoms with van der Waals surface area (Å²) in [6.45, 7) is 7.24. The number of benzene rings is 1. The lowest BCUT2D eigenvalue weighted by molar-refractivity contribution is 0.112. The molecular weight excluding hydrogens is 386 g/mol. The molecule has 0 spiro atoms. The average molecular weight is 426 g/mol. The van der Waals surface area contributed by atoms with Crippen LogP contribution in [0.4, 0.5) is 0 Å². The Hall–Kier alpha value is -1.46. The van der Waals surface area contributed by atoms with Crippen LogP contribution >= 0.6 is 0 Å². The fraction of sp³-hybridized carbons (Fsp3) is 0.630. The van der Waals surface area contributed by atoms with Crippen molar-refractivity contribution < 1.29 is 14.9 Å². The SMILES string of the molecule is Cc1cccc(C[C@H](O)C=C[C@@H]2[C@H]3CC(CCOCCN4CCCC4)=C[C@H]3C[C@H]2O)c1. The highest BCUT2D eigenvalue weighted by atomic mass is 16.5. The zero-order chi connectivity index (χ0) is 21.6. The number of aryl methyl sites for hydroxylation is 1. The first kappa shape index (κ1) is 22.7. The van der Waals surface area contributed by atoms with Gasteiger partial charge in [-0.2, -0.15) is 0 Å². The van der Waals surface area contributed by atoms with Crippen molar-refractivity contribution in [2.24, 2.45) is 17.8 Å². The first-order chi connectivity index (χ1) is 15.1. The molecule has 4 nitrogen and oxygen atoms in total. The summed E-state index contributed by atoms with van der Waals surface area (Å²) in [5, 5.41) is 21.1. The average Bonchev–Trinajstić information content (AvgIpc) is 3.43. The van der Waals surface area contributed by atoms with Gasteiger partial charge in [-0.3, -0.25) is 0 Å². The summed E-state index contributed by atoms with van der Waals surface area (Å²) in [5.41, 5.74) is 3.85. The van der Waals surface area contributed by atoms with Gasteiger partial charge >= 0.3 is 0 Å². The minimum absolute atomic E-state index is 0.141. The first-order valence-corrected chi connectivity index (χ1v) is 12.2. The van der Waals surface area contributed by atoms with E-state index in [1.165, 1.54) is 37.1 Å². The third-order valence-electron chi connectivity index (χ3n) is 7.35. The van der Waals surface area contributed by atoms with Gasteiger partial charge in [0.1, 0.15) is 0 Å². The number of ether oxygens (including phenoxy) is 1. The van der Waals surface area contributed by atoms with Gasteiger partial charge in [0.2, 0.25) is 0 Å². The van der Waals surface area contributed by atoms with Crippen molar-refractivity contribution in [3.8, 4) is 0 Å². The van der Waals surface area contributed by atoms with E-state index in [4.69, 9.17) is 4.74 Å². The smallest absolute Gasteiger partial charge is 0.0761 e. The van der Waals surface area contributed by atoms with E-state index in [-0.39, 0.29) is 12.0 Å². The number of aliphatic hydroxyl groups excluding tert-OH is 2. The molecule has 5 atom stereocenters. The molecule has 0 unspecified atom stereocenters. The first-order valence-electron chi connectivity index (χ1n) is 12.2. The van der Waals surface area contributed by atoms with E-state index in [0.717, 1.165) is 44.6 Å². The van der Waals surface area contributed by atoms with Gasteiger partial charge in [0, 0.05) is 18.9 Å². The summed E-state index contributed by atoms with van der Waals surface area (Å²) in [7, 11) is 0. The van der Waals surface area contributed by atoms with E-state index < -0.39 is 6.10 Å². The fourth-order valence-corrected chi connectivity index (χ4v) is 5.70. The van der Waals surface area contributed by atoms with Gasteiger partial charge < -0.3 is 19.8 Å². The molecule has 31 heavy (non-hydrogen) atoms. The van der Waals surface area contributed by atoms with E-state index in [2.05, 4.69) is 42.2 Å². The maximum Gasteiger partial charge on any atom is 0.0761 e. The van der Waals surface area contributed by atoms with Crippen LogP contribution < -0.4 is 0 Å². The molecule has 1 aromatic carbocycles. The largest absolute Gasteiger partial charge is 0.392 e. The molecule has 2 fully saturated rings. The molecule has 2 N–H and O–H groups in total. The van der Waals surface area contributed by atoms with Gasteiger partial charge in [-0.05, 0) is 69.5 Å². The maximum atomic E-state index is 10.6. The molecule has 1 saturated heterocycles. The Morgan fingerprint density at radius 3 is 2.87 bits per heavy atom. The van der Waals surface area contributed by atoms with Crippen LogP contribution in [0, 0.1) is 24.7 Å². The number of aliphatic hydroxyl groups is 2. The number of fused-ring (bicyclic) bond motifs is 1. The second-order valence-corrected chi connectivity index (χ2v) is 9.79. The summed E-state index contributed by atoms with van der Waals surface area (Å²) in [5.74, 6) is 1.08. The van der Waals surface area contributed by atoms with Gasteiger partial charge in [-0.15, -0.1) is 0 Å². The minimum Gasteiger partial charge on any atom is -0.392 e. The van der Waals surface area contributed by atoms with Crippen LogP contribution in [0.5, 0.6) is 0 Å². The zero-order valence-electron chi connectivity index (χ0n) is 19.0. The highest BCUT2D eigenvalue weighted by molar-refractivity contribution is 5.24. The summed E-state index contributed by atoms with van der Waals surface area (Å²) in [6.07, 6.45) is 11.8. The fourth-order valence-electron chi connectivity index (χ4n) is 5.70. The van der Waals surface area contributed by atoms with Crippen molar-refractivity contribution in [2.75, 3.05) is 32.8 Å². The topological polar surface area (TPSA) is 52.9 Å². The molecule has 1 aromatic rings. The van der Waals surface area contributed by atoms with Crippen molar-refractivity contribution in [2.45, 2.75) is 57.7 Å². The molecule has 1 saturated carbocycles. The standard InChI is InChI=1S/C27H39NO3/c1-20-5-4-6-21(15-20)17-24(29)7-8-25-26-18-22(16-23(26)19-27(25)30)9-13-31-14-12-28-10-2-3-11-28/h4-8,15-16,23-27,29-30H,2-3,9-14,17-19H2,1H3/t23-,24+,25+,26-,27+/m0/s1. The number of allylic oxidation sites excluding steroid dienone is 1. The predicted octanol–water partition coefficient (Wildman–Crippen LogP) is 3.90. The minimum atomic E-state index is -0.508. The highest BCUT2D eigenvalue weighted by Crippen LogP contribution is 2.47. The van der Waals surface area contributed by atoms with Crippen molar-refractivity contribution in [1.82, 2.24) is 4.90 Å². The monoisotopic (exact) mass is 425 g/mol. The normalized spacial score (nSPS) is 29.6. The molecule has 170 valence electrons. The van der Waals surface area contributed by atoms with E-state index in [1.54, 1.807) is 0 Å². The number of hydrogen-bond acceptors (Lipinski definition) is 4. The molecule has 4 heteroatoms. The van der Waals surface area contributed by atoms with Crippen LogP contribution in [-0.2, 0) is 11.2 Å². The summed E-state index contributed by atoms with van der Waals surface area (Å²) < 4.78 is 5.89. The Bertz CT molecular complexity index is 767. The molecule has 0 radical (unpaired) electrons. The lowest BCUT2D eigenvalue weighted by Crippen LogP contribution is -2.24. The molecular formula is C27H39NO3. The van der Waals surface area contributed by atoms with Crippen molar-refractivity contribution >= 4 is 0 Å². The van der Waals surface area contributed by atoms with Crippen LogP contribution in [0.1, 0.15) is 43.2 Å². The number of hydrogen-bond donors (Lipinski definition) is 2. The van der Waals surface area contributed by atoms with E-state index in [0.29, 0.717) is 18.3 Å². The van der Waals surface area contributed by atoms with Crippen LogP contribution in [0.2, 0.25) is 0 Å². The van der Waals surface area contributed by atoms with Crippen LogP contribution in [-0.4, -0.2) is 60.2 Å². The molecule has 0 bridgehead atoms. The molecule has 0 amide bonds. The lowest BCUT2D eigenvalue weighted by Gasteiger charge is -2.19. The van der Waals surface area contributed by atoms with Crippen molar-refractivity contribution in [3.05, 3.63) is 59.2 Å². The summed E-state index contributed by atoms with van der Waals surface area (Å²) in [4.78, 5) is 2.49. The van der Waals surface area contributed by atoms with Gasteiger partial charge in [-0.1, -0.05) is 53.6 Å². The molecule has 1 aliphatic heterocycles. The predicted molar refractivity (Wildman–Crippen MR) is 125 cm³/mol. The Kier molecular flexibility index (Phi) is 8.00. The van der Waals surface area contributed by atoms with Gasteiger partial charge in [0.05, 0.1) is 25.4 Å². The van der Waals surface area contributed by atoms with Gasteiger partial charge in [0.15, 0.2) is 0 Å². The van der Waals surface area contributed by atoms with Gasteiger partial charge in [0.25, 0.3) is 0 Å². The zero-order valence-corrected chi connectivity index (χ0v) is 19.0. The number of nitrogens with zero attached hydrogens (tertiary/aromatic N) is 1. The highest BCUT2D eigenvalue weighted by Gasteiger charge is 2.43. The van der Waals surface area contributed by atoms with Crippen LogP contribution in [0.3, 0.4) is 0 Å². The molecule has 0 aromatic heterocycles. The van der Waals surface area contributed by atoms with E-state index in [9.17, 15) is 10.2 Å². The van der Waals surface area contributed by atoms with Crippen LogP contribution in [0.15, 0.2) is 48.1 Å². The summed E-state index contributed by atoms with van der Waals surface area (Å²) in [6, 6.07) is 8.29. The van der Waals surface area contributed by atoms with Crippen molar-refractivity contribution in [1.29, 1.82) is 0 Å². The van der Waals surface area contributed by atoms with Crippen molar-refractivity contribution in [3.63, 3.8) is 0 Å². The molecule has 4 rings (SSSR count). The Morgan fingerprint density at radius 2 is 2.06 bits per heavy atom. The summed E-state index contributed by atoms with van der Waals surface area (Å²) >= 11 is 0. The Labute approximate surface area is 187 Å². The maximum absolute atomic E-state index is 10.6. The Balaban J connectivity index is 1.20. The number of rotatable bonds is 10. The quantitative estimate of drug-likeness (QED) is 0.441. The van der Waals surface area contributed by atoms with E-state index >= 15 is 0 Å². The molecule has 2 aliphatic carbocycles. The molecule has 1 heterocycles. The third-order valence-corrected chi connectivity index (χ3v) is 7.35. The van der Waals surface area contributed by atoms with Crippen LogP contribution in [0.25, 0.3) is 0 Å². The second kappa shape index (κ2) is 10.9. The van der Waals surface area contributed by atoms with E-state index in [1.807, 2.05) is 12.1 Å².